The minimum absolute atomic E-state index is 0.0482. The fourth-order valence-electron chi connectivity index (χ4n) is 2.71. The number of hydrogen-bond acceptors (Lipinski definition) is 4. The Morgan fingerprint density at radius 2 is 1.73 bits per heavy atom. The number of hydrogen-bond donors (Lipinski definition) is 1. The van der Waals surface area contributed by atoms with E-state index in [1.807, 2.05) is 0 Å². The largest absolute Gasteiger partial charge is 0.490 e. The highest BCUT2D eigenvalue weighted by molar-refractivity contribution is 5.89. The molecule has 1 aromatic heterocycles. The van der Waals surface area contributed by atoms with Crippen LogP contribution in [0.5, 0.6) is 11.5 Å². The number of amides is 2. The maximum absolute atomic E-state index is 12.3. The monoisotopic (exact) mass is 363 g/mol. The van der Waals surface area contributed by atoms with Gasteiger partial charge in [-0.1, -0.05) is 0 Å². The molecule has 1 aliphatic heterocycles. The Kier molecular flexibility index (Phi) is 5.83. The standard InChI is InChI=1S/C18H19F2N3O3/c19-17(20)26-14-3-1-13(2-4-14)22-18(24)23-11-7-16(8-12-23)25-15-5-9-21-10-6-15/h1-6,9-10,16-17H,7-8,11-12H2,(H,22,24). The zero-order valence-corrected chi connectivity index (χ0v) is 14.0. The Bertz CT molecular complexity index is 705. The number of pyridine rings is 1. The molecule has 0 bridgehead atoms. The summed E-state index contributed by atoms with van der Waals surface area (Å²) in [5.74, 6) is 0.820. The number of alkyl halides is 2. The highest BCUT2D eigenvalue weighted by Crippen LogP contribution is 2.20. The fraction of sp³-hybridized carbons (Fsp3) is 0.333. The Hall–Kier alpha value is -2.90. The van der Waals surface area contributed by atoms with Crippen molar-refractivity contribution in [2.45, 2.75) is 25.6 Å². The van der Waals surface area contributed by atoms with Crippen molar-refractivity contribution < 1.29 is 23.0 Å². The van der Waals surface area contributed by atoms with Crippen LogP contribution in [0.1, 0.15) is 12.8 Å². The summed E-state index contributed by atoms with van der Waals surface area (Å²) in [5.41, 5.74) is 0.520. The zero-order valence-electron chi connectivity index (χ0n) is 14.0. The summed E-state index contributed by atoms with van der Waals surface area (Å²) in [5, 5.41) is 2.75. The van der Waals surface area contributed by atoms with E-state index in [0.29, 0.717) is 18.8 Å². The van der Waals surface area contributed by atoms with Gasteiger partial charge in [0.15, 0.2) is 0 Å². The molecular formula is C18H19F2N3O3. The molecule has 2 heterocycles. The van der Waals surface area contributed by atoms with Crippen LogP contribution in [0.2, 0.25) is 0 Å². The third-order valence-electron chi connectivity index (χ3n) is 4.01. The highest BCUT2D eigenvalue weighted by Gasteiger charge is 2.24. The molecule has 26 heavy (non-hydrogen) atoms. The van der Waals surface area contributed by atoms with Crippen molar-refractivity contribution in [3.05, 3.63) is 48.8 Å². The molecule has 1 aromatic carbocycles. The predicted octanol–water partition coefficient (Wildman–Crippen LogP) is 3.76. The summed E-state index contributed by atoms with van der Waals surface area (Å²) in [4.78, 5) is 18.0. The molecule has 8 heteroatoms. The number of nitrogens with one attached hydrogen (secondary N) is 1. The van der Waals surface area contributed by atoms with Gasteiger partial charge in [0.2, 0.25) is 0 Å². The van der Waals surface area contributed by atoms with Gasteiger partial charge in [-0.15, -0.1) is 0 Å². The molecule has 0 spiro atoms. The zero-order chi connectivity index (χ0) is 18.4. The molecule has 6 nitrogen and oxygen atoms in total. The van der Waals surface area contributed by atoms with Gasteiger partial charge >= 0.3 is 12.6 Å². The Morgan fingerprint density at radius 1 is 1.08 bits per heavy atom. The average Bonchev–Trinajstić information content (AvgIpc) is 2.64. The number of nitrogens with zero attached hydrogens (tertiary/aromatic N) is 2. The fourth-order valence-corrected chi connectivity index (χ4v) is 2.71. The third-order valence-corrected chi connectivity index (χ3v) is 4.01. The number of benzene rings is 1. The van der Waals surface area contributed by atoms with Crippen molar-refractivity contribution in [1.82, 2.24) is 9.88 Å². The maximum Gasteiger partial charge on any atom is 0.387 e. The number of rotatable bonds is 5. The maximum atomic E-state index is 12.3. The van der Waals surface area contributed by atoms with E-state index in [4.69, 9.17) is 4.74 Å². The quantitative estimate of drug-likeness (QED) is 0.879. The van der Waals surface area contributed by atoms with Gasteiger partial charge in [0.1, 0.15) is 17.6 Å². The molecule has 2 amide bonds. The second kappa shape index (κ2) is 8.46. The lowest BCUT2D eigenvalue weighted by Crippen LogP contribution is -2.43. The first kappa shape index (κ1) is 17.9. The number of urea groups is 1. The molecule has 0 radical (unpaired) electrons. The number of carbonyl (C=O) groups is 1. The van der Waals surface area contributed by atoms with Crippen LogP contribution in [0.3, 0.4) is 0 Å². The van der Waals surface area contributed by atoms with Crippen LogP contribution in [-0.4, -0.2) is 41.7 Å². The van der Waals surface area contributed by atoms with E-state index in [1.54, 1.807) is 29.4 Å². The van der Waals surface area contributed by atoms with Crippen molar-refractivity contribution in [3.63, 3.8) is 0 Å². The summed E-state index contributed by atoms with van der Waals surface area (Å²) in [6.07, 6.45) is 4.88. The number of halogens is 2. The van der Waals surface area contributed by atoms with E-state index in [9.17, 15) is 13.6 Å². The molecule has 138 valence electrons. The van der Waals surface area contributed by atoms with Gasteiger partial charge < -0.3 is 19.7 Å². The van der Waals surface area contributed by atoms with Gasteiger partial charge in [0.25, 0.3) is 0 Å². The van der Waals surface area contributed by atoms with Gasteiger partial charge in [-0.2, -0.15) is 8.78 Å². The summed E-state index contributed by atoms with van der Waals surface area (Å²) >= 11 is 0. The first-order valence-corrected chi connectivity index (χ1v) is 8.27. The van der Waals surface area contributed by atoms with Crippen molar-refractivity contribution in [2.24, 2.45) is 0 Å². The molecule has 0 unspecified atom stereocenters. The molecule has 0 saturated carbocycles. The normalized spacial score (nSPS) is 15.0. The number of likely N-dealkylation sites (tertiary alicyclic amines) is 1. The lowest BCUT2D eigenvalue weighted by atomic mass is 10.1. The Labute approximate surface area is 149 Å². The number of ether oxygens (including phenoxy) is 2. The molecule has 1 saturated heterocycles. The van der Waals surface area contributed by atoms with E-state index in [2.05, 4.69) is 15.0 Å². The third kappa shape index (κ3) is 5.05. The van der Waals surface area contributed by atoms with E-state index >= 15 is 0 Å². The minimum atomic E-state index is -2.87. The van der Waals surface area contributed by atoms with E-state index in [0.717, 1.165) is 18.6 Å². The van der Waals surface area contributed by atoms with Crippen LogP contribution in [0.4, 0.5) is 19.3 Å². The number of carbonyl (C=O) groups excluding carboxylic acids is 1. The number of piperidine rings is 1. The first-order chi connectivity index (χ1) is 12.6. The first-order valence-electron chi connectivity index (χ1n) is 8.27. The predicted molar refractivity (Wildman–Crippen MR) is 91.6 cm³/mol. The second-order valence-electron chi connectivity index (χ2n) is 5.82. The van der Waals surface area contributed by atoms with Crippen LogP contribution in [-0.2, 0) is 0 Å². The van der Waals surface area contributed by atoms with Crippen LogP contribution in [0.25, 0.3) is 0 Å². The average molecular weight is 363 g/mol. The summed E-state index contributed by atoms with van der Waals surface area (Å²) in [6, 6.07) is 9.20. The number of aromatic nitrogens is 1. The van der Waals surface area contributed by atoms with E-state index in [-0.39, 0.29) is 17.9 Å². The van der Waals surface area contributed by atoms with Crippen LogP contribution in [0, 0.1) is 0 Å². The summed E-state index contributed by atoms with van der Waals surface area (Å²) in [7, 11) is 0. The lowest BCUT2D eigenvalue weighted by Gasteiger charge is -2.32. The van der Waals surface area contributed by atoms with Crippen LogP contribution >= 0.6 is 0 Å². The van der Waals surface area contributed by atoms with E-state index in [1.165, 1.54) is 24.3 Å². The van der Waals surface area contributed by atoms with Crippen molar-refractivity contribution in [1.29, 1.82) is 0 Å². The SMILES string of the molecule is O=C(Nc1ccc(OC(F)F)cc1)N1CCC(Oc2ccncc2)CC1. The lowest BCUT2D eigenvalue weighted by molar-refractivity contribution is -0.0498. The Morgan fingerprint density at radius 3 is 2.35 bits per heavy atom. The van der Waals surface area contributed by atoms with Gasteiger partial charge in [0, 0.05) is 44.0 Å². The number of anilines is 1. The molecule has 2 aromatic rings. The molecule has 3 rings (SSSR count). The molecule has 1 fully saturated rings. The molecular weight excluding hydrogens is 344 g/mol. The van der Waals surface area contributed by atoms with Crippen LogP contribution < -0.4 is 14.8 Å². The smallest absolute Gasteiger partial charge is 0.387 e. The molecule has 0 atom stereocenters. The molecule has 1 N–H and O–H groups in total. The highest BCUT2D eigenvalue weighted by atomic mass is 19.3. The topological polar surface area (TPSA) is 63.7 Å². The van der Waals surface area contributed by atoms with E-state index < -0.39 is 6.61 Å². The summed E-state index contributed by atoms with van der Waals surface area (Å²) in [6.45, 7) is -1.71. The van der Waals surface area contributed by atoms with Gasteiger partial charge in [-0.25, -0.2) is 4.79 Å². The van der Waals surface area contributed by atoms with Gasteiger partial charge in [0.05, 0.1) is 0 Å². The van der Waals surface area contributed by atoms with Crippen molar-refractivity contribution in [2.75, 3.05) is 18.4 Å². The van der Waals surface area contributed by atoms with Crippen molar-refractivity contribution in [3.8, 4) is 11.5 Å². The van der Waals surface area contributed by atoms with Crippen molar-refractivity contribution >= 4 is 11.7 Å². The Balaban J connectivity index is 1.46. The minimum Gasteiger partial charge on any atom is -0.490 e. The van der Waals surface area contributed by atoms with Crippen LogP contribution in [0.15, 0.2) is 48.8 Å². The van der Waals surface area contributed by atoms with Gasteiger partial charge in [-0.3, -0.25) is 4.98 Å². The summed E-state index contributed by atoms with van der Waals surface area (Å²) < 4.78 is 34.4. The molecule has 0 aliphatic carbocycles. The molecule has 1 aliphatic rings. The second-order valence-corrected chi connectivity index (χ2v) is 5.82. The van der Waals surface area contributed by atoms with Gasteiger partial charge in [-0.05, 0) is 36.4 Å².